The molecule has 1 aromatic carbocycles. The number of carbonyl (C=O) groups excluding carboxylic acids is 1. The molecule has 94 valence electrons. The van der Waals surface area contributed by atoms with E-state index in [1.54, 1.807) is 0 Å². The maximum Gasteiger partial charge on any atom is 0.211 e. The first-order chi connectivity index (χ1) is 8.36. The molecule has 0 spiro atoms. The summed E-state index contributed by atoms with van der Waals surface area (Å²) in [6.07, 6.45) is 6.83. The van der Waals surface area contributed by atoms with Gasteiger partial charge in [-0.15, -0.1) is 0 Å². The highest BCUT2D eigenvalue weighted by molar-refractivity contribution is 5.71. The minimum absolute atomic E-state index is 0.670. The van der Waals surface area contributed by atoms with Gasteiger partial charge in [-0.2, -0.15) is 0 Å². The average molecular weight is 235 g/mol. The van der Waals surface area contributed by atoms with E-state index in [0.29, 0.717) is 6.41 Å². The van der Waals surface area contributed by atoms with E-state index in [2.05, 4.69) is 12.2 Å². The van der Waals surface area contributed by atoms with Crippen LogP contribution in [-0.2, 0) is 4.79 Å². The SMILES string of the molecule is CCCCCCCOc1cccc(NC=O)c1. The molecule has 3 nitrogen and oxygen atoms in total. The van der Waals surface area contributed by atoms with Gasteiger partial charge in [0.2, 0.25) is 6.41 Å². The summed E-state index contributed by atoms with van der Waals surface area (Å²) in [5.74, 6) is 0.812. The third-order valence-electron chi connectivity index (χ3n) is 2.58. The summed E-state index contributed by atoms with van der Waals surface area (Å²) in [6, 6.07) is 7.45. The first-order valence-electron chi connectivity index (χ1n) is 6.30. The van der Waals surface area contributed by atoms with Gasteiger partial charge in [0.15, 0.2) is 0 Å². The van der Waals surface area contributed by atoms with Crippen molar-refractivity contribution < 1.29 is 9.53 Å². The van der Waals surface area contributed by atoms with Crippen LogP contribution in [-0.4, -0.2) is 13.0 Å². The Morgan fingerprint density at radius 2 is 2.06 bits per heavy atom. The van der Waals surface area contributed by atoms with Gasteiger partial charge in [-0.25, -0.2) is 0 Å². The number of rotatable bonds is 9. The summed E-state index contributed by atoms with van der Waals surface area (Å²) in [5, 5.41) is 2.61. The highest BCUT2D eigenvalue weighted by atomic mass is 16.5. The Kier molecular flexibility index (Phi) is 6.87. The van der Waals surface area contributed by atoms with E-state index in [1.807, 2.05) is 24.3 Å². The molecule has 0 aromatic heterocycles. The molecular formula is C14H21NO2. The molecule has 0 saturated carbocycles. The molecule has 17 heavy (non-hydrogen) atoms. The van der Waals surface area contributed by atoms with E-state index in [9.17, 15) is 4.79 Å². The van der Waals surface area contributed by atoms with Gasteiger partial charge in [0.05, 0.1) is 6.61 Å². The van der Waals surface area contributed by atoms with Crippen molar-refractivity contribution in [2.45, 2.75) is 39.0 Å². The zero-order valence-corrected chi connectivity index (χ0v) is 10.4. The fourth-order valence-electron chi connectivity index (χ4n) is 1.64. The number of hydrogen-bond donors (Lipinski definition) is 1. The first-order valence-corrected chi connectivity index (χ1v) is 6.30. The van der Waals surface area contributed by atoms with Gasteiger partial charge < -0.3 is 10.1 Å². The van der Waals surface area contributed by atoms with Crippen molar-refractivity contribution in [3.05, 3.63) is 24.3 Å². The fourth-order valence-corrected chi connectivity index (χ4v) is 1.64. The third kappa shape index (κ3) is 5.95. The highest BCUT2D eigenvalue weighted by Gasteiger charge is 1.96. The Bertz CT molecular complexity index is 326. The van der Waals surface area contributed by atoms with Gasteiger partial charge in [-0.05, 0) is 18.6 Å². The lowest BCUT2D eigenvalue weighted by atomic mass is 10.2. The number of anilines is 1. The Hall–Kier alpha value is -1.51. The maximum atomic E-state index is 10.3. The maximum absolute atomic E-state index is 10.3. The highest BCUT2D eigenvalue weighted by Crippen LogP contribution is 2.17. The Balaban J connectivity index is 2.21. The van der Waals surface area contributed by atoms with Crippen LogP contribution in [0.25, 0.3) is 0 Å². The molecule has 0 unspecified atom stereocenters. The van der Waals surface area contributed by atoms with Gasteiger partial charge in [-0.3, -0.25) is 4.79 Å². The topological polar surface area (TPSA) is 38.3 Å². The van der Waals surface area contributed by atoms with Crippen molar-refractivity contribution in [1.82, 2.24) is 0 Å². The predicted octanol–water partition coefficient (Wildman–Crippen LogP) is 3.60. The van der Waals surface area contributed by atoms with Gasteiger partial charge in [-0.1, -0.05) is 38.7 Å². The van der Waals surface area contributed by atoms with Crippen molar-refractivity contribution in [3.8, 4) is 5.75 Å². The fraction of sp³-hybridized carbons (Fsp3) is 0.500. The Morgan fingerprint density at radius 3 is 2.82 bits per heavy atom. The molecule has 3 heteroatoms. The molecule has 1 amide bonds. The molecule has 1 N–H and O–H groups in total. The van der Waals surface area contributed by atoms with Crippen molar-refractivity contribution in [3.63, 3.8) is 0 Å². The van der Waals surface area contributed by atoms with E-state index in [0.717, 1.165) is 24.5 Å². The third-order valence-corrected chi connectivity index (χ3v) is 2.58. The normalized spacial score (nSPS) is 9.94. The lowest BCUT2D eigenvalue weighted by molar-refractivity contribution is -0.105. The zero-order valence-electron chi connectivity index (χ0n) is 10.4. The summed E-state index contributed by atoms with van der Waals surface area (Å²) in [5.41, 5.74) is 0.767. The number of benzene rings is 1. The molecule has 1 aromatic rings. The van der Waals surface area contributed by atoms with E-state index in [-0.39, 0.29) is 0 Å². The number of nitrogens with one attached hydrogen (secondary N) is 1. The van der Waals surface area contributed by atoms with Gasteiger partial charge in [0.25, 0.3) is 0 Å². The Morgan fingerprint density at radius 1 is 1.24 bits per heavy atom. The van der Waals surface area contributed by atoms with Crippen LogP contribution in [0.15, 0.2) is 24.3 Å². The second kappa shape index (κ2) is 8.62. The average Bonchev–Trinajstić information content (AvgIpc) is 2.35. The zero-order chi connectivity index (χ0) is 12.3. The second-order valence-corrected chi connectivity index (χ2v) is 4.05. The van der Waals surface area contributed by atoms with Crippen molar-refractivity contribution in [2.75, 3.05) is 11.9 Å². The van der Waals surface area contributed by atoms with Crippen LogP contribution in [0.2, 0.25) is 0 Å². The molecular weight excluding hydrogens is 214 g/mol. The van der Waals surface area contributed by atoms with Crippen LogP contribution in [0.5, 0.6) is 5.75 Å². The number of ether oxygens (including phenoxy) is 1. The van der Waals surface area contributed by atoms with E-state index in [4.69, 9.17) is 4.74 Å². The van der Waals surface area contributed by atoms with Crippen molar-refractivity contribution >= 4 is 12.1 Å². The molecule has 0 aliphatic rings. The number of carbonyl (C=O) groups is 1. The van der Waals surface area contributed by atoms with E-state index < -0.39 is 0 Å². The summed E-state index contributed by atoms with van der Waals surface area (Å²) in [4.78, 5) is 10.3. The molecule has 0 heterocycles. The van der Waals surface area contributed by atoms with Crippen molar-refractivity contribution in [1.29, 1.82) is 0 Å². The van der Waals surface area contributed by atoms with Gasteiger partial charge >= 0.3 is 0 Å². The van der Waals surface area contributed by atoms with E-state index in [1.165, 1.54) is 25.7 Å². The quantitative estimate of drug-likeness (QED) is 0.524. The van der Waals surface area contributed by atoms with Crippen LogP contribution in [0.1, 0.15) is 39.0 Å². The smallest absolute Gasteiger partial charge is 0.211 e. The van der Waals surface area contributed by atoms with Crippen LogP contribution >= 0.6 is 0 Å². The largest absolute Gasteiger partial charge is 0.494 e. The van der Waals surface area contributed by atoms with E-state index >= 15 is 0 Å². The van der Waals surface area contributed by atoms with Crippen molar-refractivity contribution in [2.24, 2.45) is 0 Å². The summed E-state index contributed by atoms with van der Waals surface area (Å²) in [6.45, 7) is 2.95. The van der Waals surface area contributed by atoms with Crippen LogP contribution in [0.3, 0.4) is 0 Å². The minimum Gasteiger partial charge on any atom is -0.494 e. The van der Waals surface area contributed by atoms with Crippen LogP contribution < -0.4 is 10.1 Å². The molecule has 0 bridgehead atoms. The van der Waals surface area contributed by atoms with Crippen LogP contribution in [0, 0.1) is 0 Å². The number of hydrogen-bond acceptors (Lipinski definition) is 2. The van der Waals surface area contributed by atoms with Gasteiger partial charge in [0.1, 0.15) is 5.75 Å². The lowest BCUT2D eigenvalue weighted by Gasteiger charge is -2.07. The molecule has 0 saturated heterocycles. The standard InChI is InChI=1S/C14H21NO2/c1-2-3-4-5-6-10-17-14-9-7-8-13(11-14)15-12-16/h7-9,11-12H,2-6,10H2,1H3,(H,15,16). The van der Waals surface area contributed by atoms with Crippen LogP contribution in [0.4, 0.5) is 5.69 Å². The summed E-state index contributed by atoms with van der Waals surface area (Å²) >= 11 is 0. The lowest BCUT2D eigenvalue weighted by Crippen LogP contribution is -1.99. The molecule has 0 radical (unpaired) electrons. The molecule has 0 aliphatic heterocycles. The monoisotopic (exact) mass is 235 g/mol. The minimum atomic E-state index is 0.670. The number of unbranched alkanes of at least 4 members (excludes halogenated alkanes) is 4. The summed E-state index contributed by atoms with van der Waals surface area (Å²) in [7, 11) is 0. The predicted molar refractivity (Wildman–Crippen MR) is 70.4 cm³/mol. The molecule has 0 fully saturated rings. The second-order valence-electron chi connectivity index (χ2n) is 4.05. The molecule has 1 rings (SSSR count). The number of amides is 1. The molecule has 0 aliphatic carbocycles. The Labute approximate surface area is 103 Å². The van der Waals surface area contributed by atoms with Gasteiger partial charge in [0, 0.05) is 11.8 Å². The molecule has 0 atom stereocenters. The first kappa shape index (κ1) is 13.6. The summed E-state index contributed by atoms with van der Waals surface area (Å²) < 4.78 is 5.62.